The van der Waals surface area contributed by atoms with Crippen molar-refractivity contribution in [3.05, 3.63) is 64.7 Å². The molecule has 126 valence electrons. The lowest BCUT2D eigenvalue weighted by atomic mass is 9.87. The van der Waals surface area contributed by atoms with E-state index in [1.807, 2.05) is 12.1 Å². The van der Waals surface area contributed by atoms with Crippen LogP contribution in [-0.4, -0.2) is 16.2 Å². The molecule has 2 rings (SSSR count). The third-order valence-corrected chi connectivity index (χ3v) is 4.06. The highest BCUT2D eigenvalue weighted by Crippen LogP contribution is 2.23. The van der Waals surface area contributed by atoms with Gasteiger partial charge in [0.05, 0.1) is 0 Å². The van der Waals surface area contributed by atoms with E-state index in [0.29, 0.717) is 16.3 Å². The molecule has 1 N–H and O–H groups in total. The first-order chi connectivity index (χ1) is 11.2. The summed E-state index contributed by atoms with van der Waals surface area (Å²) in [6.45, 7) is 6.27. The number of urea groups is 1. The molecule has 4 nitrogen and oxygen atoms in total. The van der Waals surface area contributed by atoms with Crippen LogP contribution in [0, 0.1) is 0 Å². The highest BCUT2D eigenvalue weighted by Gasteiger charge is 2.21. The highest BCUT2D eigenvalue weighted by atomic mass is 35.5. The van der Waals surface area contributed by atoms with Crippen LogP contribution in [0.5, 0.6) is 0 Å². The van der Waals surface area contributed by atoms with Crippen molar-refractivity contribution in [1.82, 2.24) is 4.31 Å². The van der Waals surface area contributed by atoms with Gasteiger partial charge < -0.3 is 5.32 Å². The number of hydrogen-bond donors (Lipinski definition) is 2. The van der Waals surface area contributed by atoms with Gasteiger partial charge in [-0.15, -0.1) is 0 Å². The van der Waals surface area contributed by atoms with Crippen LogP contribution in [0.15, 0.2) is 48.5 Å². The summed E-state index contributed by atoms with van der Waals surface area (Å²) in [5, 5.41) is 3.06. The summed E-state index contributed by atoms with van der Waals surface area (Å²) in [4.78, 5) is 24.5. The van der Waals surface area contributed by atoms with Gasteiger partial charge in [-0.3, -0.25) is 4.79 Å². The van der Waals surface area contributed by atoms with Gasteiger partial charge in [-0.25, -0.2) is 9.10 Å². The van der Waals surface area contributed by atoms with Gasteiger partial charge in [-0.05, 0) is 41.3 Å². The minimum atomic E-state index is -0.648. The summed E-state index contributed by atoms with van der Waals surface area (Å²) in [5.41, 5.74) is 1.97. The maximum Gasteiger partial charge on any atom is 0.338 e. The smallest absolute Gasteiger partial charge is 0.307 e. The fourth-order valence-electron chi connectivity index (χ4n) is 2.07. The van der Waals surface area contributed by atoms with Crippen LogP contribution in [0.1, 0.15) is 36.7 Å². The molecule has 6 heteroatoms. The Morgan fingerprint density at radius 3 is 2.25 bits per heavy atom. The third kappa shape index (κ3) is 4.52. The summed E-state index contributed by atoms with van der Waals surface area (Å²) >= 11 is 9.88. The van der Waals surface area contributed by atoms with Gasteiger partial charge in [0.25, 0.3) is 5.91 Å². The molecule has 0 aliphatic heterocycles. The Bertz CT molecular complexity index is 754. The van der Waals surface area contributed by atoms with E-state index in [2.05, 4.69) is 38.9 Å². The summed E-state index contributed by atoms with van der Waals surface area (Å²) in [7, 11) is 0. The Hall–Kier alpha value is -1.98. The minimum Gasteiger partial charge on any atom is -0.307 e. The molecule has 0 unspecified atom stereocenters. The number of carbonyl (C=O) groups excluding carboxylic acids is 2. The van der Waals surface area contributed by atoms with Crippen LogP contribution in [-0.2, 0) is 5.41 Å². The summed E-state index contributed by atoms with van der Waals surface area (Å²) < 4.78 is 0.743. The second-order valence-corrected chi connectivity index (χ2v) is 7.22. The summed E-state index contributed by atoms with van der Waals surface area (Å²) in [6.07, 6.45) is 0. The van der Waals surface area contributed by atoms with Crippen molar-refractivity contribution in [2.75, 3.05) is 5.32 Å². The molecule has 0 atom stereocenters. The number of anilines is 1. The summed E-state index contributed by atoms with van der Waals surface area (Å²) in [6, 6.07) is 13.2. The molecule has 0 heterocycles. The largest absolute Gasteiger partial charge is 0.338 e. The number of nitrogens with zero attached hydrogens (tertiary/aromatic N) is 1. The van der Waals surface area contributed by atoms with Crippen molar-refractivity contribution in [1.29, 1.82) is 0 Å². The standard InChI is InChI=1S/C18H19ClN2O2S/c1-18(2,3)13-9-7-12(8-10-13)16(22)21(24)17(23)20-15-6-4-5-14(19)11-15/h4-11,24H,1-3H3,(H,20,23). The van der Waals surface area contributed by atoms with Crippen molar-refractivity contribution < 1.29 is 9.59 Å². The van der Waals surface area contributed by atoms with Crippen LogP contribution in [0.2, 0.25) is 5.02 Å². The molecule has 0 spiro atoms. The predicted octanol–water partition coefficient (Wildman–Crippen LogP) is 5.16. The zero-order valence-corrected chi connectivity index (χ0v) is 15.4. The fraction of sp³-hybridized carbons (Fsp3) is 0.222. The maximum atomic E-state index is 12.4. The van der Waals surface area contributed by atoms with Crippen LogP contribution >= 0.6 is 24.4 Å². The molecule has 0 aromatic heterocycles. The van der Waals surface area contributed by atoms with Crippen LogP contribution in [0.3, 0.4) is 0 Å². The Morgan fingerprint density at radius 2 is 1.71 bits per heavy atom. The number of hydrogen-bond acceptors (Lipinski definition) is 3. The topological polar surface area (TPSA) is 49.4 Å². The highest BCUT2D eigenvalue weighted by molar-refractivity contribution is 7.79. The first-order valence-electron chi connectivity index (χ1n) is 7.39. The van der Waals surface area contributed by atoms with E-state index in [1.54, 1.807) is 36.4 Å². The Kier molecular flexibility index (Phi) is 5.57. The molecule has 0 radical (unpaired) electrons. The van der Waals surface area contributed by atoms with Crippen molar-refractivity contribution in [2.24, 2.45) is 0 Å². The maximum absolute atomic E-state index is 12.4. The number of amides is 3. The van der Waals surface area contributed by atoms with Crippen molar-refractivity contribution in [3.63, 3.8) is 0 Å². The molecular weight excluding hydrogens is 344 g/mol. The van der Waals surface area contributed by atoms with Gasteiger partial charge >= 0.3 is 6.03 Å². The first-order valence-corrected chi connectivity index (χ1v) is 8.17. The van der Waals surface area contributed by atoms with Gasteiger partial charge in [0.1, 0.15) is 0 Å². The van der Waals surface area contributed by atoms with E-state index >= 15 is 0 Å². The lowest BCUT2D eigenvalue weighted by Gasteiger charge is -2.20. The molecule has 0 saturated heterocycles. The number of benzene rings is 2. The third-order valence-electron chi connectivity index (χ3n) is 3.46. The van der Waals surface area contributed by atoms with E-state index in [1.165, 1.54) is 0 Å². The molecule has 0 fully saturated rings. The van der Waals surface area contributed by atoms with Gasteiger partial charge in [0.15, 0.2) is 0 Å². The molecule has 2 aromatic carbocycles. The van der Waals surface area contributed by atoms with Crippen molar-refractivity contribution in [3.8, 4) is 0 Å². The number of carbonyl (C=O) groups is 2. The lowest BCUT2D eigenvalue weighted by Crippen LogP contribution is -2.32. The average molecular weight is 363 g/mol. The van der Waals surface area contributed by atoms with E-state index < -0.39 is 11.9 Å². The second-order valence-electron chi connectivity index (χ2n) is 6.38. The molecule has 24 heavy (non-hydrogen) atoms. The first kappa shape index (κ1) is 18.4. The quantitative estimate of drug-likeness (QED) is 0.725. The Labute approximate surface area is 152 Å². The number of rotatable bonds is 2. The van der Waals surface area contributed by atoms with Gasteiger partial charge in [-0.2, -0.15) is 0 Å². The molecule has 2 aromatic rings. The molecule has 0 bridgehead atoms. The van der Waals surface area contributed by atoms with Gasteiger partial charge in [0, 0.05) is 16.3 Å². The van der Waals surface area contributed by atoms with Crippen LogP contribution in [0.4, 0.5) is 10.5 Å². The monoisotopic (exact) mass is 362 g/mol. The number of thiol groups is 1. The molecule has 3 amide bonds. The Morgan fingerprint density at radius 1 is 1.08 bits per heavy atom. The van der Waals surface area contributed by atoms with Gasteiger partial charge in [-0.1, -0.05) is 63.4 Å². The van der Waals surface area contributed by atoms with Gasteiger partial charge in [0.2, 0.25) is 0 Å². The van der Waals surface area contributed by atoms with E-state index in [-0.39, 0.29) is 5.41 Å². The average Bonchev–Trinajstić information content (AvgIpc) is 2.52. The summed E-state index contributed by atoms with van der Waals surface area (Å²) in [5.74, 6) is -0.502. The molecule has 0 aliphatic carbocycles. The zero-order chi connectivity index (χ0) is 17.9. The van der Waals surface area contributed by atoms with Crippen LogP contribution < -0.4 is 5.32 Å². The number of nitrogens with one attached hydrogen (secondary N) is 1. The fourth-order valence-corrected chi connectivity index (χ4v) is 2.43. The molecular formula is C18H19ClN2O2S. The normalized spacial score (nSPS) is 11.0. The Balaban J connectivity index is 2.09. The SMILES string of the molecule is CC(C)(C)c1ccc(C(=O)N(S)C(=O)Nc2cccc(Cl)c2)cc1. The van der Waals surface area contributed by atoms with Crippen LogP contribution in [0.25, 0.3) is 0 Å². The second kappa shape index (κ2) is 7.28. The molecule has 0 saturated carbocycles. The number of halogens is 1. The predicted molar refractivity (Wildman–Crippen MR) is 101 cm³/mol. The van der Waals surface area contributed by atoms with Crippen molar-refractivity contribution in [2.45, 2.75) is 26.2 Å². The lowest BCUT2D eigenvalue weighted by molar-refractivity contribution is 0.0901. The minimum absolute atomic E-state index is 0.00776. The van der Waals surface area contributed by atoms with E-state index in [4.69, 9.17) is 11.6 Å². The van der Waals surface area contributed by atoms with E-state index in [0.717, 1.165) is 9.87 Å². The van der Waals surface area contributed by atoms with E-state index in [9.17, 15) is 9.59 Å². The van der Waals surface area contributed by atoms with Crippen molar-refractivity contribution >= 4 is 42.0 Å². The molecule has 0 aliphatic rings. The zero-order valence-electron chi connectivity index (χ0n) is 13.7. The number of imide groups is 1.